The number of piperidine rings is 1. The standard InChI is InChI=1S/C15H24N4O/c1-17-8-5-12(6-9-17)10-19-7-3-4-14(20)13-11-18(2)16-15(13)19/h11-12H,3-10H2,1-2H3. The quantitative estimate of drug-likeness (QED) is 0.822. The second kappa shape index (κ2) is 5.56. The normalized spacial score (nSPS) is 21.9. The van der Waals surface area contributed by atoms with Crippen LogP contribution in [0.4, 0.5) is 5.82 Å². The number of rotatable bonds is 2. The van der Waals surface area contributed by atoms with Crippen LogP contribution in [0, 0.1) is 5.92 Å². The van der Waals surface area contributed by atoms with Gasteiger partial charge >= 0.3 is 0 Å². The van der Waals surface area contributed by atoms with Gasteiger partial charge in [-0.1, -0.05) is 0 Å². The lowest BCUT2D eigenvalue weighted by atomic mass is 9.96. The second-order valence-corrected chi connectivity index (χ2v) is 6.26. The van der Waals surface area contributed by atoms with Crippen molar-refractivity contribution in [2.24, 2.45) is 13.0 Å². The van der Waals surface area contributed by atoms with Crippen LogP contribution in [0.3, 0.4) is 0 Å². The molecule has 0 amide bonds. The molecule has 5 heteroatoms. The van der Waals surface area contributed by atoms with E-state index in [0.717, 1.165) is 36.8 Å². The molecule has 1 fully saturated rings. The third kappa shape index (κ3) is 2.73. The van der Waals surface area contributed by atoms with Crippen LogP contribution in [0.15, 0.2) is 6.20 Å². The number of Topliss-reactive ketones (excluding diaryl/α,β-unsaturated/α-hetero) is 1. The number of carbonyl (C=O) groups excluding carboxylic acids is 1. The molecule has 0 spiro atoms. The lowest BCUT2D eigenvalue weighted by Gasteiger charge is -2.33. The maximum Gasteiger partial charge on any atom is 0.168 e. The van der Waals surface area contributed by atoms with Gasteiger partial charge in [-0.15, -0.1) is 0 Å². The number of nitrogens with zero attached hydrogens (tertiary/aromatic N) is 4. The van der Waals surface area contributed by atoms with Gasteiger partial charge in [-0.25, -0.2) is 0 Å². The minimum atomic E-state index is 0.249. The van der Waals surface area contributed by atoms with Crippen molar-refractivity contribution in [3.8, 4) is 0 Å². The van der Waals surface area contributed by atoms with E-state index in [2.05, 4.69) is 21.9 Å². The Bertz CT molecular complexity index is 488. The highest BCUT2D eigenvalue weighted by molar-refractivity contribution is 6.01. The van der Waals surface area contributed by atoms with Gasteiger partial charge < -0.3 is 9.80 Å². The lowest BCUT2D eigenvalue weighted by molar-refractivity contribution is 0.0983. The molecule has 1 saturated heterocycles. The van der Waals surface area contributed by atoms with Gasteiger partial charge in [0.05, 0.1) is 5.56 Å². The van der Waals surface area contributed by atoms with Gasteiger partial charge in [0.15, 0.2) is 11.6 Å². The van der Waals surface area contributed by atoms with E-state index in [1.54, 1.807) is 4.68 Å². The van der Waals surface area contributed by atoms with E-state index in [-0.39, 0.29) is 5.78 Å². The maximum atomic E-state index is 12.1. The van der Waals surface area contributed by atoms with Crippen molar-refractivity contribution < 1.29 is 4.79 Å². The largest absolute Gasteiger partial charge is 0.354 e. The Morgan fingerprint density at radius 3 is 2.75 bits per heavy atom. The molecule has 1 aromatic heterocycles. The van der Waals surface area contributed by atoms with Gasteiger partial charge in [0.25, 0.3) is 0 Å². The van der Waals surface area contributed by atoms with Gasteiger partial charge in [0, 0.05) is 32.8 Å². The van der Waals surface area contributed by atoms with Crippen LogP contribution in [0.5, 0.6) is 0 Å². The second-order valence-electron chi connectivity index (χ2n) is 6.26. The fourth-order valence-electron chi connectivity index (χ4n) is 3.31. The molecule has 5 nitrogen and oxygen atoms in total. The summed E-state index contributed by atoms with van der Waals surface area (Å²) in [6, 6.07) is 0. The third-order valence-corrected chi connectivity index (χ3v) is 4.56. The number of hydrogen-bond acceptors (Lipinski definition) is 4. The molecular formula is C15H24N4O. The summed E-state index contributed by atoms with van der Waals surface area (Å²) in [5.41, 5.74) is 0.818. The Hall–Kier alpha value is -1.36. The summed E-state index contributed by atoms with van der Waals surface area (Å²) in [7, 11) is 4.09. The van der Waals surface area contributed by atoms with Crippen LogP contribution in [-0.4, -0.2) is 53.7 Å². The average molecular weight is 276 g/mol. The zero-order valence-corrected chi connectivity index (χ0v) is 12.5. The number of hydrogen-bond donors (Lipinski definition) is 0. The third-order valence-electron chi connectivity index (χ3n) is 4.56. The molecule has 110 valence electrons. The highest BCUT2D eigenvalue weighted by Crippen LogP contribution is 2.27. The van der Waals surface area contributed by atoms with E-state index in [9.17, 15) is 4.79 Å². The molecule has 2 aliphatic rings. The van der Waals surface area contributed by atoms with Crippen LogP contribution < -0.4 is 4.90 Å². The van der Waals surface area contributed by atoms with Crippen LogP contribution in [0.25, 0.3) is 0 Å². The summed E-state index contributed by atoms with van der Waals surface area (Å²) in [5, 5.41) is 4.53. The summed E-state index contributed by atoms with van der Waals surface area (Å²) in [6.07, 6.45) is 5.99. The Morgan fingerprint density at radius 1 is 1.25 bits per heavy atom. The van der Waals surface area contributed by atoms with E-state index >= 15 is 0 Å². The van der Waals surface area contributed by atoms with Gasteiger partial charge in [-0.3, -0.25) is 9.48 Å². The summed E-state index contributed by atoms with van der Waals surface area (Å²) >= 11 is 0. The highest BCUT2D eigenvalue weighted by Gasteiger charge is 2.27. The molecule has 2 aliphatic heterocycles. The number of aryl methyl sites for hydroxylation is 1. The molecule has 0 unspecified atom stereocenters. The minimum Gasteiger partial charge on any atom is -0.354 e. The fourth-order valence-corrected chi connectivity index (χ4v) is 3.31. The first-order valence-corrected chi connectivity index (χ1v) is 7.64. The summed E-state index contributed by atoms with van der Waals surface area (Å²) in [4.78, 5) is 16.9. The monoisotopic (exact) mass is 276 g/mol. The van der Waals surface area contributed by atoms with Crippen molar-refractivity contribution in [2.75, 3.05) is 38.1 Å². The van der Waals surface area contributed by atoms with Crippen LogP contribution in [0.2, 0.25) is 0 Å². The van der Waals surface area contributed by atoms with Crippen molar-refractivity contribution in [1.29, 1.82) is 0 Å². The molecule has 0 atom stereocenters. The van der Waals surface area contributed by atoms with E-state index in [0.29, 0.717) is 6.42 Å². The summed E-state index contributed by atoms with van der Waals surface area (Å²) in [6.45, 7) is 4.38. The first kappa shape index (κ1) is 13.6. The van der Waals surface area contributed by atoms with Gasteiger partial charge in [0.2, 0.25) is 0 Å². The number of carbonyl (C=O) groups is 1. The van der Waals surface area contributed by atoms with E-state index in [1.807, 2.05) is 13.2 Å². The molecule has 3 heterocycles. The van der Waals surface area contributed by atoms with E-state index in [4.69, 9.17) is 0 Å². The SMILES string of the molecule is CN1CCC(CN2CCCC(=O)c3cn(C)nc32)CC1. The van der Waals surface area contributed by atoms with Crippen molar-refractivity contribution in [3.63, 3.8) is 0 Å². The molecule has 0 N–H and O–H groups in total. The molecule has 3 rings (SSSR count). The molecule has 20 heavy (non-hydrogen) atoms. The minimum absolute atomic E-state index is 0.249. The van der Waals surface area contributed by atoms with Crippen molar-refractivity contribution >= 4 is 11.6 Å². The fraction of sp³-hybridized carbons (Fsp3) is 0.733. The molecule has 0 aliphatic carbocycles. The van der Waals surface area contributed by atoms with Crippen LogP contribution >= 0.6 is 0 Å². The Balaban J connectivity index is 1.75. The van der Waals surface area contributed by atoms with E-state index in [1.165, 1.54) is 25.9 Å². The predicted octanol–water partition coefficient (Wildman–Crippen LogP) is 1.54. The molecule has 0 saturated carbocycles. The highest BCUT2D eigenvalue weighted by atomic mass is 16.1. The number of ketones is 1. The Morgan fingerprint density at radius 2 is 2.00 bits per heavy atom. The number of fused-ring (bicyclic) bond motifs is 1. The van der Waals surface area contributed by atoms with Gasteiger partial charge in [-0.2, -0.15) is 5.10 Å². The van der Waals surface area contributed by atoms with Gasteiger partial charge in [0.1, 0.15) is 0 Å². The first-order chi connectivity index (χ1) is 9.63. The zero-order valence-electron chi connectivity index (χ0n) is 12.5. The molecule has 0 bridgehead atoms. The first-order valence-electron chi connectivity index (χ1n) is 7.64. The van der Waals surface area contributed by atoms with E-state index < -0.39 is 0 Å². The molecule has 0 radical (unpaired) electrons. The Labute approximate surface area is 120 Å². The van der Waals surface area contributed by atoms with Crippen LogP contribution in [0.1, 0.15) is 36.0 Å². The number of aromatic nitrogens is 2. The number of likely N-dealkylation sites (tertiary alicyclic amines) is 1. The smallest absolute Gasteiger partial charge is 0.168 e. The molecular weight excluding hydrogens is 252 g/mol. The summed E-state index contributed by atoms with van der Waals surface area (Å²) in [5.74, 6) is 1.89. The maximum absolute atomic E-state index is 12.1. The van der Waals surface area contributed by atoms with Crippen molar-refractivity contribution in [1.82, 2.24) is 14.7 Å². The number of anilines is 1. The molecule has 0 aromatic carbocycles. The van der Waals surface area contributed by atoms with Crippen LogP contribution in [-0.2, 0) is 7.05 Å². The van der Waals surface area contributed by atoms with Gasteiger partial charge in [-0.05, 0) is 45.3 Å². The van der Waals surface area contributed by atoms with Crippen molar-refractivity contribution in [3.05, 3.63) is 11.8 Å². The zero-order chi connectivity index (χ0) is 14.1. The lowest BCUT2D eigenvalue weighted by Crippen LogP contribution is -2.37. The topological polar surface area (TPSA) is 41.4 Å². The molecule has 1 aromatic rings. The van der Waals surface area contributed by atoms with Crippen molar-refractivity contribution in [2.45, 2.75) is 25.7 Å². The summed E-state index contributed by atoms with van der Waals surface area (Å²) < 4.78 is 1.77. The Kier molecular flexibility index (Phi) is 3.78. The predicted molar refractivity (Wildman–Crippen MR) is 79.2 cm³/mol. The average Bonchev–Trinajstić information content (AvgIpc) is 2.76.